The van der Waals surface area contributed by atoms with E-state index in [1.165, 1.54) is 22.3 Å². The standard InChI is InChI=1S/C18H22N2OS.C8H10O.C6H12N2O.C2H6/c1-14-7-6-10-16(17(14)21-2)12-20(18-19-13-22-18)11-15-8-4-3-5-9-15;1-7-5-3-4-6-8(7)9-2;1-6(9)8-4-2-7-3-5-8;1-2/h3-4,6-7,9-10H,5,8,11-13H2,1-2H3;3-6H,1-2H3;7H,2-5H2,1H3;1-2H3. The molecule has 1 N–H and O–H groups in total. The zero-order valence-electron chi connectivity index (χ0n) is 26.6. The zero-order valence-corrected chi connectivity index (χ0v) is 27.4. The first-order chi connectivity index (χ1) is 20.4. The molecule has 0 unspecified atom stereocenters. The second-order valence-corrected chi connectivity index (χ2v) is 10.7. The lowest BCUT2D eigenvalue weighted by Crippen LogP contribution is -2.45. The summed E-state index contributed by atoms with van der Waals surface area (Å²) >= 11 is 1.83. The van der Waals surface area contributed by atoms with Crippen LogP contribution < -0.4 is 14.8 Å². The molecular weight excluding hydrogens is 544 g/mol. The minimum atomic E-state index is 0.191. The van der Waals surface area contributed by atoms with Gasteiger partial charge >= 0.3 is 0 Å². The van der Waals surface area contributed by atoms with Crippen LogP contribution in [-0.4, -0.2) is 73.7 Å². The van der Waals surface area contributed by atoms with Crippen LogP contribution in [-0.2, 0) is 11.3 Å². The Kier molecular flexibility index (Phi) is 16.5. The molecule has 8 heteroatoms. The predicted octanol–water partition coefficient (Wildman–Crippen LogP) is 6.61. The van der Waals surface area contributed by atoms with Crippen molar-refractivity contribution in [2.24, 2.45) is 4.99 Å². The highest BCUT2D eigenvalue weighted by atomic mass is 32.2. The maximum absolute atomic E-state index is 10.7. The number of benzene rings is 2. The van der Waals surface area contributed by atoms with Gasteiger partial charge in [0.1, 0.15) is 11.5 Å². The van der Waals surface area contributed by atoms with Crippen molar-refractivity contribution in [3.8, 4) is 11.5 Å². The van der Waals surface area contributed by atoms with E-state index in [1.54, 1.807) is 21.1 Å². The normalized spacial score (nSPS) is 15.1. The minimum absolute atomic E-state index is 0.191. The Balaban J connectivity index is 0.000000254. The van der Waals surface area contributed by atoms with Crippen molar-refractivity contribution in [2.45, 2.75) is 54.0 Å². The number of hydrogen-bond donors (Lipinski definition) is 1. The minimum Gasteiger partial charge on any atom is -0.496 e. The molecule has 0 saturated carbocycles. The lowest BCUT2D eigenvalue weighted by atomic mass is 10.0. The Morgan fingerprint density at radius 1 is 0.976 bits per heavy atom. The summed E-state index contributed by atoms with van der Waals surface area (Å²) in [6, 6.07) is 14.3. The quantitative estimate of drug-likeness (QED) is 0.380. The molecule has 1 aliphatic carbocycles. The molecule has 3 aliphatic rings. The van der Waals surface area contributed by atoms with Gasteiger partial charge in [-0.1, -0.05) is 85.8 Å². The number of amidine groups is 1. The van der Waals surface area contributed by atoms with Crippen LogP contribution in [0.1, 0.15) is 50.3 Å². The number of aryl methyl sites for hydroxylation is 2. The molecule has 5 rings (SSSR count). The van der Waals surface area contributed by atoms with Gasteiger partial charge in [0.05, 0.1) is 20.1 Å². The van der Waals surface area contributed by atoms with Crippen LogP contribution in [0.2, 0.25) is 0 Å². The van der Waals surface area contributed by atoms with Crippen LogP contribution in [0.3, 0.4) is 0 Å². The van der Waals surface area contributed by atoms with E-state index in [9.17, 15) is 4.79 Å². The molecule has 0 radical (unpaired) electrons. The fourth-order valence-corrected chi connectivity index (χ4v) is 5.18. The highest BCUT2D eigenvalue weighted by molar-refractivity contribution is 8.15. The van der Waals surface area contributed by atoms with E-state index in [0.717, 1.165) is 74.7 Å². The number of para-hydroxylation sites is 2. The number of nitrogens with one attached hydrogen (secondary N) is 1. The largest absolute Gasteiger partial charge is 0.496 e. The van der Waals surface area contributed by atoms with E-state index in [4.69, 9.17) is 9.47 Å². The third kappa shape index (κ3) is 11.6. The maximum Gasteiger partial charge on any atom is 0.219 e. The third-order valence-corrected chi connectivity index (χ3v) is 7.79. The van der Waals surface area contributed by atoms with Gasteiger partial charge in [-0.25, -0.2) is 0 Å². The van der Waals surface area contributed by atoms with Gasteiger partial charge in [-0.05, 0) is 43.9 Å². The molecule has 2 aromatic rings. The highest BCUT2D eigenvalue weighted by Gasteiger charge is 2.21. The molecule has 2 aromatic carbocycles. The Morgan fingerprint density at radius 3 is 2.17 bits per heavy atom. The number of aliphatic imine (C=N–C) groups is 1. The number of allylic oxidation sites excluding steroid dienone is 3. The molecule has 42 heavy (non-hydrogen) atoms. The number of hydrogen-bond acceptors (Lipinski definition) is 7. The average Bonchev–Trinajstić information content (AvgIpc) is 2.99. The summed E-state index contributed by atoms with van der Waals surface area (Å²) in [7, 11) is 3.43. The predicted molar refractivity (Wildman–Crippen MR) is 179 cm³/mol. The van der Waals surface area contributed by atoms with Gasteiger partial charge < -0.3 is 24.6 Å². The molecule has 2 heterocycles. The van der Waals surface area contributed by atoms with Crippen LogP contribution in [0.5, 0.6) is 11.5 Å². The van der Waals surface area contributed by atoms with Crippen molar-refractivity contribution in [1.82, 2.24) is 15.1 Å². The molecule has 2 aliphatic heterocycles. The molecule has 1 fully saturated rings. The smallest absolute Gasteiger partial charge is 0.219 e. The number of ether oxygens (including phenoxy) is 2. The molecule has 1 amide bonds. The van der Waals surface area contributed by atoms with E-state index in [1.807, 2.05) is 61.7 Å². The summed E-state index contributed by atoms with van der Waals surface area (Å²) in [5, 5.41) is 4.33. The summed E-state index contributed by atoms with van der Waals surface area (Å²) in [5.41, 5.74) is 5.07. The van der Waals surface area contributed by atoms with E-state index < -0.39 is 0 Å². The number of piperazine rings is 1. The molecule has 230 valence electrons. The van der Waals surface area contributed by atoms with Crippen molar-refractivity contribution >= 4 is 22.8 Å². The molecular formula is C34H50N4O3S. The molecule has 0 atom stereocenters. The van der Waals surface area contributed by atoms with Crippen molar-refractivity contribution < 1.29 is 14.3 Å². The maximum atomic E-state index is 10.7. The fraction of sp³-hybridized carbons (Fsp3) is 0.471. The first-order valence-corrected chi connectivity index (χ1v) is 15.8. The van der Waals surface area contributed by atoms with Crippen molar-refractivity contribution in [3.63, 3.8) is 0 Å². The second kappa shape index (κ2) is 19.8. The number of rotatable bonds is 6. The summed E-state index contributed by atoms with van der Waals surface area (Å²) in [5.74, 6) is 3.03. The van der Waals surface area contributed by atoms with Crippen molar-refractivity contribution in [2.75, 3.05) is 52.8 Å². The first kappa shape index (κ1) is 35.0. The molecule has 1 saturated heterocycles. The van der Waals surface area contributed by atoms with Crippen LogP contribution >= 0.6 is 11.8 Å². The van der Waals surface area contributed by atoms with Crippen LogP contribution in [0.15, 0.2) is 71.3 Å². The summed E-state index contributed by atoms with van der Waals surface area (Å²) < 4.78 is 10.6. The Labute approximate surface area is 258 Å². The van der Waals surface area contributed by atoms with Gasteiger partial charge in [-0.2, -0.15) is 0 Å². The number of amides is 1. The van der Waals surface area contributed by atoms with Gasteiger partial charge in [0.25, 0.3) is 0 Å². The molecule has 7 nitrogen and oxygen atoms in total. The van der Waals surface area contributed by atoms with Gasteiger partial charge in [0.15, 0.2) is 5.17 Å². The van der Waals surface area contributed by atoms with Gasteiger partial charge in [0, 0.05) is 51.8 Å². The zero-order chi connectivity index (χ0) is 30.7. The first-order valence-electron chi connectivity index (χ1n) is 14.9. The van der Waals surface area contributed by atoms with Crippen molar-refractivity contribution in [1.29, 1.82) is 0 Å². The van der Waals surface area contributed by atoms with Crippen LogP contribution in [0.25, 0.3) is 0 Å². The average molecular weight is 595 g/mol. The van der Waals surface area contributed by atoms with Gasteiger partial charge in [-0.3, -0.25) is 9.79 Å². The van der Waals surface area contributed by atoms with Crippen LogP contribution in [0, 0.1) is 13.8 Å². The second-order valence-electron chi connectivity index (χ2n) is 9.84. The molecule has 0 aromatic heterocycles. The van der Waals surface area contributed by atoms with E-state index >= 15 is 0 Å². The fourth-order valence-electron chi connectivity index (χ4n) is 4.63. The lowest BCUT2D eigenvalue weighted by Gasteiger charge is -2.31. The topological polar surface area (TPSA) is 66.4 Å². The number of thioether (sulfide) groups is 1. The van der Waals surface area contributed by atoms with E-state index in [2.05, 4.69) is 58.6 Å². The Hall–Kier alpha value is -3.23. The SMILES string of the molecule is CC.CC(=O)N1CCNCC1.COc1c(C)cccc1CN(CC1=CCC=CC1)C1=NCS1.COc1ccccc1C. The number of methoxy groups -OCH3 is 2. The number of carbonyl (C=O) groups excluding carboxylic acids is 1. The van der Waals surface area contributed by atoms with Gasteiger partial charge in [-0.15, -0.1) is 0 Å². The van der Waals surface area contributed by atoms with E-state index in [-0.39, 0.29) is 5.91 Å². The van der Waals surface area contributed by atoms with Crippen LogP contribution in [0.4, 0.5) is 0 Å². The Morgan fingerprint density at radius 2 is 1.67 bits per heavy atom. The Bertz CT molecular complexity index is 1190. The summed E-state index contributed by atoms with van der Waals surface area (Å²) in [6.07, 6.45) is 8.93. The number of carbonyl (C=O) groups is 1. The monoisotopic (exact) mass is 594 g/mol. The van der Waals surface area contributed by atoms with Crippen molar-refractivity contribution in [3.05, 3.63) is 83.0 Å². The molecule has 0 bridgehead atoms. The van der Waals surface area contributed by atoms with Gasteiger partial charge in [0.2, 0.25) is 5.91 Å². The third-order valence-electron chi connectivity index (χ3n) is 6.88. The summed E-state index contributed by atoms with van der Waals surface area (Å²) in [6.45, 7) is 15.2. The lowest BCUT2D eigenvalue weighted by molar-refractivity contribution is -0.129. The number of nitrogens with zero attached hydrogens (tertiary/aromatic N) is 3. The molecule has 0 spiro atoms. The van der Waals surface area contributed by atoms with E-state index in [0.29, 0.717) is 0 Å². The summed E-state index contributed by atoms with van der Waals surface area (Å²) in [4.78, 5) is 19.5. The highest BCUT2D eigenvalue weighted by Crippen LogP contribution is 2.28.